The van der Waals surface area contributed by atoms with Gasteiger partial charge in [0.15, 0.2) is 11.5 Å². The third-order valence-corrected chi connectivity index (χ3v) is 6.53. The molecule has 8 nitrogen and oxygen atoms in total. The molecule has 1 aromatic heterocycles. The Morgan fingerprint density at radius 2 is 1.86 bits per heavy atom. The number of carbonyl (C=O) groups is 1. The lowest BCUT2D eigenvalue weighted by atomic mass is 9.94. The Bertz CT molecular complexity index is 1380. The van der Waals surface area contributed by atoms with Crippen LogP contribution in [0.4, 0.5) is 18.9 Å². The maximum absolute atomic E-state index is 15.1. The standard InChI is InChI=1S/C25H23F3N2O6/c1-13(11-31)19-7-14-6-18(17(26)9-20(14)30(19)10-16(33)12-32)29-23(34)24(4-5-24)15-2-3-21-22(8-15)36-25(27,28)35-21/h2-3,6-9,16,31-33H,1,4-5,10-12H2,(H,29,34). The van der Waals surface area contributed by atoms with Crippen LogP contribution in [0.3, 0.4) is 0 Å². The van der Waals surface area contributed by atoms with Crippen molar-refractivity contribution in [3.8, 4) is 11.5 Å². The van der Waals surface area contributed by atoms with Gasteiger partial charge in [-0.25, -0.2) is 4.39 Å². The normalized spacial score (nSPS) is 17.7. The van der Waals surface area contributed by atoms with E-state index < -0.39 is 36.1 Å². The smallest absolute Gasteiger partial charge is 0.395 e. The number of aliphatic hydroxyl groups excluding tert-OH is 3. The van der Waals surface area contributed by atoms with Gasteiger partial charge in [0, 0.05) is 17.1 Å². The number of hydrogen-bond donors (Lipinski definition) is 4. The van der Waals surface area contributed by atoms with E-state index >= 15 is 4.39 Å². The number of ether oxygens (including phenoxy) is 2. The molecule has 4 N–H and O–H groups in total. The van der Waals surface area contributed by atoms with Gasteiger partial charge < -0.3 is 34.7 Å². The fourth-order valence-electron chi connectivity index (χ4n) is 4.48. The van der Waals surface area contributed by atoms with Gasteiger partial charge in [0.2, 0.25) is 5.91 Å². The average Bonchev–Trinajstić information content (AvgIpc) is 3.50. The molecule has 3 aromatic rings. The van der Waals surface area contributed by atoms with Gasteiger partial charge in [-0.15, -0.1) is 8.78 Å². The maximum Gasteiger partial charge on any atom is 0.586 e. The summed E-state index contributed by atoms with van der Waals surface area (Å²) in [6.45, 7) is 2.84. The first-order valence-electron chi connectivity index (χ1n) is 11.2. The van der Waals surface area contributed by atoms with Crippen LogP contribution in [-0.4, -0.2) is 51.4 Å². The Hall–Kier alpha value is -3.54. The number of carbonyl (C=O) groups excluding carboxylic acids is 1. The molecule has 0 radical (unpaired) electrons. The highest BCUT2D eigenvalue weighted by Crippen LogP contribution is 2.52. The molecule has 36 heavy (non-hydrogen) atoms. The summed E-state index contributed by atoms with van der Waals surface area (Å²) in [5.74, 6) is -1.54. The van der Waals surface area contributed by atoms with E-state index in [4.69, 9.17) is 0 Å². The maximum atomic E-state index is 15.1. The van der Waals surface area contributed by atoms with E-state index in [0.717, 1.165) is 0 Å². The summed E-state index contributed by atoms with van der Waals surface area (Å²) in [6.07, 6.45) is -4.02. The van der Waals surface area contributed by atoms with Gasteiger partial charge in [0.1, 0.15) is 5.82 Å². The zero-order valence-corrected chi connectivity index (χ0v) is 18.9. The molecule has 1 saturated carbocycles. The van der Waals surface area contributed by atoms with Gasteiger partial charge in [0.25, 0.3) is 0 Å². The minimum atomic E-state index is -3.78. The van der Waals surface area contributed by atoms with Gasteiger partial charge in [-0.05, 0) is 48.2 Å². The van der Waals surface area contributed by atoms with Crippen LogP contribution >= 0.6 is 0 Å². The Labute approximate surface area is 203 Å². The van der Waals surface area contributed by atoms with E-state index in [-0.39, 0.29) is 30.3 Å². The second kappa shape index (κ2) is 8.54. The Kier molecular flexibility index (Phi) is 5.73. The van der Waals surface area contributed by atoms with Crippen molar-refractivity contribution in [1.82, 2.24) is 4.57 Å². The highest BCUT2D eigenvalue weighted by Gasteiger charge is 2.53. The molecule has 2 aromatic carbocycles. The molecule has 5 rings (SSSR count). The summed E-state index contributed by atoms with van der Waals surface area (Å²) in [5, 5.41) is 31.8. The number of halogens is 3. The van der Waals surface area contributed by atoms with Crippen LogP contribution in [0.1, 0.15) is 24.1 Å². The lowest BCUT2D eigenvalue weighted by molar-refractivity contribution is -0.286. The zero-order chi connectivity index (χ0) is 25.8. The molecular weight excluding hydrogens is 481 g/mol. The van der Waals surface area contributed by atoms with Crippen molar-refractivity contribution in [2.24, 2.45) is 0 Å². The van der Waals surface area contributed by atoms with Crippen molar-refractivity contribution < 1.29 is 42.8 Å². The zero-order valence-electron chi connectivity index (χ0n) is 18.9. The summed E-state index contributed by atoms with van der Waals surface area (Å²) in [4.78, 5) is 13.2. The van der Waals surface area contributed by atoms with Crippen molar-refractivity contribution in [3.63, 3.8) is 0 Å². The van der Waals surface area contributed by atoms with Gasteiger partial charge in [-0.3, -0.25) is 4.79 Å². The van der Waals surface area contributed by atoms with Crippen molar-refractivity contribution >= 4 is 28.1 Å². The van der Waals surface area contributed by atoms with Crippen molar-refractivity contribution in [2.75, 3.05) is 18.5 Å². The summed E-state index contributed by atoms with van der Waals surface area (Å²) in [6, 6.07) is 8.40. The molecule has 1 aliphatic carbocycles. The molecule has 1 unspecified atom stereocenters. The van der Waals surface area contributed by atoms with E-state index in [9.17, 15) is 28.9 Å². The van der Waals surface area contributed by atoms with Crippen LogP contribution in [0.5, 0.6) is 11.5 Å². The van der Waals surface area contributed by atoms with Crippen LogP contribution in [0.25, 0.3) is 16.5 Å². The number of nitrogens with zero attached hydrogens (tertiary/aromatic N) is 1. The topological polar surface area (TPSA) is 113 Å². The van der Waals surface area contributed by atoms with Gasteiger partial charge in [-0.1, -0.05) is 12.6 Å². The van der Waals surface area contributed by atoms with E-state index in [1.54, 1.807) is 6.07 Å². The Morgan fingerprint density at radius 1 is 1.14 bits per heavy atom. The molecule has 1 amide bonds. The molecule has 0 spiro atoms. The highest BCUT2D eigenvalue weighted by molar-refractivity contribution is 6.03. The van der Waals surface area contributed by atoms with E-state index in [0.29, 0.717) is 40.6 Å². The number of benzene rings is 2. The third-order valence-electron chi connectivity index (χ3n) is 6.53. The number of alkyl halides is 2. The monoisotopic (exact) mass is 504 g/mol. The van der Waals surface area contributed by atoms with Crippen LogP contribution in [-0.2, 0) is 16.8 Å². The van der Waals surface area contributed by atoms with Crippen LogP contribution in [0, 0.1) is 5.82 Å². The van der Waals surface area contributed by atoms with Crippen LogP contribution in [0.2, 0.25) is 0 Å². The predicted molar refractivity (Wildman–Crippen MR) is 123 cm³/mol. The Balaban J connectivity index is 1.45. The summed E-state index contributed by atoms with van der Waals surface area (Å²) < 4.78 is 52.3. The van der Waals surface area contributed by atoms with Gasteiger partial charge >= 0.3 is 6.29 Å². The summed E-state index contributed by atoms with van der Waals surface area (Å²) in [7, 11) is 0. The third kappa shape index (κ3) is 4.08. The minimum Gasteiger partial charge on any atom is -0.395 e. The number of anilines is 1. The predicted octanol–water partition coefficient (Wildman–Crippen LogP) is 3.13. The van der Waals surface area contributed by atoms with E-state index in [1.165, 1.54) is 34.9 Å². The second-order valence-corrected chi connectivity index (χ2v) is 8.99. The molecular formula is C25H23F3N2O6. The number of amides is 1. The average molecular weight is 504 g/mol. The molecule has 1 fully saturated rings. The number of hydrogen-bond acceptors (Lipinski definition) is 6. The first-order chi connectivity index (χ1) is 17.1. The number of rotatable bonds is 8. The van der Waals surface area contributed by atoms with Crippen molar-refractivity contribution in [2.45, 2.75) is 37.2 Å². The van der Waals surface area contributed by atoms with E-state index in [2.05, 4.69) is 21.4 Å². The fraction of sp³-hybridized carbons (Fsp3) is 0.320. The molecule has 11 heteroatoms. The quantitative estimate of drug-likeness (QED) is 0.375. The first kappa shape index (κ1) is 24.2. The summed E-state index contributed by atoms with van der Waals surface area (Å²) >= 11 is 0. The van der Waals surface area contributed by atoms with Gasteiger partial charge in [-0.2, -0.15) is 0 Å². The van der Waals surface area contributed by atoms with Crippen molar-refractivity contribution in [3.05, 3.63) is 60.1 Å². The van der Waals surface area contributed by atoms with Gasteiger partial charge in [0.05, 0.1) is 42.5 Å². The molecule has 0 saturated heterocycles. The number of aromatic nitrogens is 1. The largest absolute Gasteiger partial charge is 0.586 e. The molecule has 0 bridgehead atoms. The number of fused-ring (bicyclic) bond motifs is 2. The SMILES string of the molecule is C=C(CO)c1cc2cc(NC(=O)C3(c4ccc5c(c4)OC(F)(F)O5)CC3)c(F)cc2n1CC(O)CO. The number of nitrogens with one attached hydrogen (secondary N) is 1. The highest BCUT2D eigenvalue weighted by atomic mass is 19.3. The molecule has 1 atom stereocenters. The van der Waals surface area contributed by atoms with Crippen molar-refractivity contribution in [1.29, 1.82) is 0 Å². The first-order valence-corrected chi connectivity index (χ1v) is 11.2. The minimum absolute atomic E-state index is 0.0637. The number of aliphatic hydroxyl groups is 3. The second-order valence-electron chi connectivity index (χ2n) is 8.99. The summed E-state index contributed by atoms with van der Waals surface area (Å²) in [5.41, 5.74) is 0.483. The Morgan fingerprint density at radius 3 is 2.53 bits per heavy atom. The van der Waals surface area contributed by atoms with Crippen LogP contribution < -0.4 is 14.8 Å². The lowest BCUT2D eigenvalue weighted by Gasteiger charge is -2.17. The van der Waals surface area contributed by atoms with Crippen LogP contribution in [0.15, 0.2) is 43.0 Å². The molecule has 190 valence electrons. The fourth-order valence-corrected chi connectivity index (χ4v) is 4.48. The molecule has 1 aliphatic heterocycles. The molecule has 2 heterocycles. The molecule has 2 aliphatic rings. The lowest BCUT2D eigenvalue weighted by Crippen LogP contribution is -2.28. The van der Waals surface area contributed by atoms with E-state index in [1.807, 2.05) is 0 Å².